The Bertz CT molecular complexity index is 3510. The zero-order valence-corrected chi connectivity index (χ0v) is 77.2. The van der Waals surface area contributed by atoms with Crippen LogP contribution in [0.1, 0.15) is 129 Å². The van der Waals surface area contributed by atoms with E-state index in [4.69, 9.17) is 118 Å². The molecule has 0 radical (unpaired) electrons. The summed E-state index contributed by atoms with van der Waals surface area (Å²) in [6, 6.07) is -2.04. The number of unbranched alkanes of at least 4 members (excludes halogenated alkanes) is 9. The number of hydrogen-bond acceptors (Lipinski definition) is 44. The highest BCUT2D eigenvalue weighted by Crippen LogP contribution is 2.51. The Labute approximate surface area is 736 Å². The number of ether oxygens (including phenoxy) is 12. The fourth-order valence-electron chi connectivity index (χ4n) is 12.3. The molecule has 0 amide bonds. The van der Waals surface area contributed by atoms with E-state index in [-0.39, 0.29) is 91.8 Å². The average molecular weight is 1970 g/mol. The smallest absolute Gasteiger partial charge is 0.396 e. The lowest BCUT2D eigenvalue weighted by Crippen LogP contribution is -2.62. The van der Waals surface area contributed by atoms with E-state index in [1.54, 1.807) is 13.8 Å². The first-order valence-electron chi connectivity index (χ1n) is 41.8. The van der Waals surface area contributed by atoms with Crippen molar-refractivity contribution in [2.45, 2.75) is 222 Å². The Morgan fingerprint density at radius 2 is 0.969 bits per heavy atom. The molecule has 20 N–H and O–H groups in total. The molecule has 746 valence electrons. The van der Waals surface area contributed by atoms with Crippen molar-refractivity contribution < 1.29 is 214 Å². The van der Waals surface area contributed by atoms with Gasteiger partial charge in [0, 0.05) is 64.6 Å². The maximum atomic E-state index is 13.7. The molecular weight excluding hydrogens is 1830 g/mol. The number of fused-ring (bicyclic) bond motifs is 1. The van der Waals surface area contributed by atoms with Gasteiger partial charge in [0.05, 0.1) is 161 Å². The van der Waals surface area contributed by atoms with Gasteiger partial charge < -0.3 is 153 Å². The first-order chi connectivity index (χ1) is 60.2. The Hall–Kier alpha value is -1.71. The minimum Gasteiger partial charge on any atom is -0.396 e. The lowest BCUT2D eigenvalue weighted by Gasteiger charge is -2.40. The van der Waals surface area contributed by atoms with Gasteiger partial charge in [-0.1, -0.05) is 45.4 Å². The van der Waals surface area contributed by atoms with Crippen LogP contribution in [0.4, 0.5) is 0 Å². The SMILES string of the molecule is Cc1ncnc2c1ncn2[C@H]1C[C@H](OP(=O)(O)OCOCC(CO)COCOP(=O)(O)OCC(COCCCOP(=O)(O)OCCCCCCO[C@H](OC(CO)[C@@H](C)O)[C@@H](N)CO)(COCCCOP(=O)(O)OCCCCCCO[C@@H]2OC(CO)[C@H](O)C(O)[C@@H]2C)COCCCOP(=O)(O)OCCCCCCO[C@@H]2OC(CO)[C@H](O)C(O)[C@@H]2N)[C@@H](COP(C)(=O)O)O1. The minimum absolute atomic E-state index is 0.0530. The summed E-state index contributed by atoms with van der Waals surface area (Å²) >= 11 is 0. The van der Waals surface area contributed by atoms with Gasteiger partial charge in [0.1, 0.15) is 66.9 Å². The zero-order chi connectivity index (χ0) is 93.7. The van der Waals surface area contributed by atoms with Crippen LogP contribution in [0.3, 0.4) is 0 Å². The number of phosphoric ester groups is 5. The van der Waals surface area contributed by atoms with E-state index in [9.17, 15) is 108 Å². The van der Waals surface area contributed by atoms with Crippen LogP contribution in [0.2, 0.25) is 0 Å². The summed E-state index contributed by atoms with van der Waals surface area (Å²) in [5, 5.41) is 98.8. The van der Waals surface area contributed by atoms with Crippen molar-refractivity contribution in [3.8, 4) is 0 Å². The molecule has 0 spiro atoms. The Morgan fingerprint density at radius 3 is 1.44 bits per heavy atom. The first-order valence-corrected chi connectivity index (χ1v) is 51.3. The molecule has 3 aliphatic rings. The van der Waals surface area contributed by atoms with E-state index in [0.29, 0.717) is 93.9 Å². The van der Waals surface area contributed by atoms with Crippen molar-refractivity contribution in [2.24, 2.45) is 28.7 Å². The third-order valence-corrected chi connectivity index (χ3v) is 25.1. The number of hydrogen-bond donors (Lipinski definition) is 18. The van der Waals surface area contributed by atoms with E-state index in [1.165, 1.54) is 24.1 Å². The number of rotatable bonds is 76. The fraction of sp³-hybridized carbons (Fsp3) is 0.929. The number of nitrogens with zero attached hydrogens (tertiary/aromatic N) is 4. The summed E-state index contributed by atoms with van der Waals surface area (Å²) in [7, 11) is -28.1. The summed E-state index contributed by atoms with van der Waals surface area (Å²) < 4.78 is 205. The molecule has 3 aliphatic heterocycles. The first kappa shape index (κ1) is 116. The molecule has 13 unspecified atom stereocenters. The number of aryl methyl sites for hydroxylation is 1. The van der Waals surface area contributed by atoms with Gasteiger partial charge in [-0.2, -0.15) is 0 Å². The molecular formula is C70H136N6O45P6. The summed E-state index contributed by atoms with van der Waals surface area (Å²) in [4.78, 5) is 75.9. The van der Waals surface area contributed by atoms with Crippen LogP contribution >= 0.6 is 46.7 Å². The van der Waals surface area contributed by atoms with E-state index >= 15 is 0 Å². The molecule has 3 saturated heterocycles. The maximum absolute atomic E-state index is 13.7. The van der Waals surface area contributed by atoms with Gasteiger partial charge >= 0.3 is 46.7 Å². The highest BCUT2D eigenvalue weighted by Gasteiger charge is 2.47. The molecule has 57 heteroatoms. The number of phosphoric acid groups is 5. The second-order valence-corrected chi connectivity index (χ2v) is 39.6. The van der Waals surface area contributed by atoms with Crippen molar-refractivity contribution in [3.63, 3.8) is 0 Å². The quantitative estimate of drug-likeness (QED) is 0.0250. The summed E-state index contributed by atoms with van der Waals surface area (Å²) in [5.41, 5.74) is 11.6. The van der Waals surface area contributed by atoms with Crippen molar-refractivity contribution in [1.82, 2.24) is 19.5 Å². The van der Waals surface area contributed by atoms with Crippen molar-refractivity contribution >= 4 is 57.9 Å². The van der Waals surface area contributed by atoms with E-state index in [1.807, 2.05) is 0 Å². The number of aromatic nitrogens is 4. The molecule has 2 aromatic rings. The molecule has 25 atom stereocenters. The van der Waals surface area contributed by atoms with Gasteiger partial charge in [-0.25, -0.2) is 37.8 Å². The average Bonchev–Trinajstić information content (AvgIpc) is 1.63. The maximum Gasteiger partial charge on any atom is 0.474 e. The molecule has 51 nitrogen and oxygen atoms in total. The van der Waals surface area contributed by atoms with Crippen LogP contribution in [0.25, 0.3) is 11.2 Å². The fourth-order valence-corrected chi connectivity index (χ4v) is 16.7. The Kier molecular flexibility index (Phi) is 55.4. The van der Waals surface area contributed by atoms with Crippen LogP contribution < -0.4 is 11.5 Å². The van der Waals surface area contributed by atoms with Crippen LogP contribution in [0.15, 0.2) is 12.7 Å². The van der Waals surface area contributed by atoms with Crippen molar-refractivity contribution in [2.75, 3.05) is 179 Å². The molecule has 0 aliphatic carbocycles. The van der Waals surface area contributed by atoms with E-state index < -0.39 is 268 Å². The lowest BCUT2D eigenvalue weighted by atomic mass is 9.92. The van der Waals surface area contributed by atoms with Gasteiger partial charge in [0.25, 0.3) is 0 Å². The molecule has 2 aromatic heterocycles. The summed E-state index contributed by atoms with van der Waals surface area (Å²) in [5.74, 6) is -1.50. The molecule has 0 saturated carbocycles. The predicted octanol–water partition coefficient (Wildman–Crippen LogP) is 1.03. The number of aliphatic hydroxyl groups excluding tert-OH is 10. The molecule has 0 bridgehead atoms. The van der Waals surface area contributed by atoms with E-state index in [2.05, 4.69) is 15.0 Å². The second-order valence-electron chi connectivity index (χ2n) is 30.5. The Balaban J connectivity index is 1.17. The van der Waals surface area contributed by atoms with Crippen LogP contribution in [0, 0.1) is 24.2 Å². The zero-order valence-electron chi connectivity index (χ0n) is 71.9. The predicted molar refractivity (Wildman–Crippen MR) is 437 cm³/mol. The third-order valence-electron chi connectivity index (χ3n) is 19.6. The molecule has 3 fully saturated rings. The molecule has 0 aromatic carbocycles. The standard InChI is InChI=1S/C70H136N6O45P6/c1-49-62(83)63(84)56(36-80)119-67(49)104-23-11-5-8-14-26-107-123(89,90)110-29-17-20-99-41-70(42-100-21-18-30-111-124(91,92)108-27-15-9-6-12-24-105-68(53(71)34-78)118-55(35-79)51(3)82,43-101-22-19-31-112-125(93,94)109-28-16-10-7-13-25-106-69-60(72)65(86)64(85)57(37-81)120-69)44-114-126(95,96)115-47-102-38-52(33-77)39-103-48-116-127(97,98)121-54-32-59(117-58(54)40-113-122(4,87)88)76-46-75-61-50(2)73-45-74-66(61)76/h45-46,49,51-60,62-65,67-69,77-86H,5-44,47-48,71-72H2,1-4H3,(H,87,88)(H,89,90)(H,91,92)(H,93,94)(H,95,96)(H,97,98)/t49-,51+,52?,53-,54-,55?,56?,57?,58+,59+,60-,62?,63-,64-,65?,67+,68+,69+,70?/m0/s1. The number of aliphatic hydroxyl groups is 10. The van der Waals surface area contributed by atoms with Gasteiger partial charge in [-0.05, 0) is 71.6 Å². The van der Waals surface area contributed by atoms with Gasteiger partial charge in [0.15, 0.2) is 38.1 Å². The van der Waals surface area contributed by atoms with Crippen LogP contribution in [0.5, 0.6) is 0 Å². The summed E-state index contributed by atoms with van der Waals surface area (Å²) in [6.07, 6.45) is -7.62. The van der Waals surface area contributed by atoms with Crippen molar-refractivity contribution in [1.29, 1.82) is 0 Å². The second kappa shape index (κ2) is 60.8. The molecule has 5 rings (SSSR count). The highest BCUT2D eigenvalue weighted by molar-refractivity contribution is 7.52. The Morgan fingerprint density at radius 1 is 0.512 bits per heavy atom. The molecule has 5 heterocycles. The normalized spacial score (nSPS) is 26.5. The molecule has 127 heavy (non-hydrogen) atoms. The van der Waals surface area contributed by atoms with Gasteiger partial charge in [0.2, 0.25) is 0 Å². The minimum atomic E-state index is -5.19. The monoisotopic (exact) mass is 1970 g/mol. The third kappa shape index (κ3) is 45.4. The van der Waals surface area contributed by atoms with E-state index in [0.717, 1.165) is 6.66 Å². The van der Waals surface area contributed by atoms with Crippen LogP contribution in [-0.4, -0.2) is 371 Å². The van der Waals surface area contributed by atoms with Gasteiger partial charge in [-0.15, -0.1) is 0 Å². The topological polar surface area (TPSA) is 734 Å². The lowest BCUT2D eigenvalue weighted by molar-refractivity contribution is -0.282. The highest BCUT2D eigenvalue weighted by atomic mass is 31.2. The van der Waals surface area contributed by atoms with Gasteiger partial charge in [-0.3, -0.25) is 54.4 Å². The van der Waals surface area contributed by atoms with Crippen LogP contribution in [-0.2, 0) is 134 Å². The number of imidazole rings is 1. The summed E-state index contributed by atoms with van der Waals surface area (Å²) in [6.45, 7) is -4.32. The number of nitrogens with two attached hydrogens (primary N) is 2. The van der Waals surface area contributed by atoms with Crippen molar-refractivity contribution in [3.05, 3.63) is 18.3 Å². The largest absolute Gasteiger partial charge is 0.474 e.